The van der Waals surface area contributed by atoms with Crippen molar-refractivity contribution in [2.45, 2.75) is 0 Å². The quantitative estimate of drug-likeness (QED) is 0.123. The van der Waals surface area contributed by atoms with Crippen LogP contribution in [0.4, 0.5) is 17.1 Å². The Kier molecular flexibility index (Phi) is 18.9. The van der Waals surface area contributed by atoms with Crippen molar-refractivity contribution in [3.63, 3.8) is 0 Å². The van der Waals surface area contributed by atoms with Gasteiger partial charge in [0, 0.05) is 82.3 Å². The minimum absolute atomic E-state index is 0.658. The highest BCUT2D eigenvalue weighted by Gasteiger charge is 2.23. The molecule has 0 amide bonds. The summed E-state index contributed by atoms with van der Waals surface area (Å²) in [6.07, 6.45) is 0. The molecule has 22 aromatic carbocycles. The molecule has 9 nitrogen and oxygen atoms in total. The molecule has 0 N–H and O–H groups in total. The van der Waals surface area contributed by atoms with E-state index in [1.54, 1.807) is 0 Å². The van der Waals surface area contributed by atoms with Crippen LogP contribution in [0.1, 0.15) is 0 Å². The zero-order valence-electron chi connectivity index (χ0n) is 74.6. The molecule has 0 aliphatic carbocycles. The molecular formula is C129H79N9. The Morgan fingerprint density at radius 3 is 0.703 bits per heavy atom. The minimum Gasteiger partial charge on any atom is -0.309 e. The number of para-hydroxylation sites is 6. The first-order chi connectivity index (χ1) is 68.3. The van der Waals surface area contributed by atoms with Gasteiger partial charge in [-0.25, -0.2) is 14.5 Å². The molecule has 138 heavy (non-hydrogen) atoms. The first-order valence-electron chi connectivity index (χ1n) is 46.5. The fraction of sp³-hybridized carbons (Fsp3) is 0. The second-order valence-electron chi connectivity index (χ2n) is 35.5. The van der Waals surface area contributed by atoms with E-state index in [-0.39, 0.29) is 0 Å². The fourth-order valence-electron chi connectivity index (χ4n) is 21.5. The molecule has 0 aliphatic rings. The van der Waals surface area contributed by atoms with Gasteiger partial charge in [-0.2, -0.15) is 0 Å². The van der Waals surface area contributed by atoms with E-state index in [9.17, 15) is 0 Å². The first-order valence-corrected chi connectivity index (χ1v) is 46.5. The third kappa shape index (κ3) is 13.3. The van der Waals surface area contributed by atoms with Gasteiger partial charge in [0.15, 0.2) is 17.1 Å². The highest BCUT2D eigenvalue weighted by Crippen LogP contribution is 2.45. The van der Waals surface area contributed by atoms with Crippen LogP contribution in [0.15, 0.2) is 479 Å². The van der Waals surface area contributed by atoms with Gasteiger partial charge in [-0.1, -0.05) is 297 Å². The van der Waals surface area contributed by atoms with E-state index < -0.39 is 0 Å². The lowest BCUT2D eigenvalue weighted by Gasteiger charge is -2.12. The minimum atomic E-state index is 0.658. The summed E-state index contributed by atoms with van der Waals surface area (Å²) in [6.45, 7) is 22.5. The molecule has 28 rings (SSSR count). The van der Waals surface area contributed by atoms with E-state index >= 15 is 0 Å². The summed E-state index contributed by atoms with van der Waals surface area (Å²) in [4.78, 5) is 11.0. The molecule has 0 fully saturated rings. The van der Waals surface area contributed by atoms with Gasteiger partial charge in [0.2, 0.25) is 0 Å². The Labute approximate surface area is 794 Å². The Morgan fingerprint density at radius 1 is 0.130 bits per heavy atom. The SMILES string of the molecule is [C-]#[N+]c1ccc2c(c1)c1ccccc1n2-c1ccc(-c2ccc3c(c2)c2ccccc2n3-c2ccc(-c3ccc4ccccc4c3)cc2)cc1.[C-]#[N+]c1ccc2c(c1)c1ccccc1n2-c1ccc(-c2ccc3c(c2)c2ccccc2n3-c2ccc3ccccc3c2)cc1.[C-]#[N+]c1ccc2c(c1)c1ccccc1n2-c1ccc(-c2ccc3c(c2)c2ccccc2n3-c2cccc3ccccc23)cc1. The van der Waals surface area contributed by atoms with E-state index in [0.29, 0.717) is 17.1 Å². The molecule has 6 aromatic heterocycles. The zero-order chi connectivity index (χ0) is 91.6. The van der Waals surface area contributed by atoms with Crippen LogP contribution >= 0.6 is 0 Å². The van der Waals surface area contributed by atoms with Crippen molar-refractivity contribution in [3.05, 3.63) is 513 Å². The molecule has 0 saturated heterocycles. The predicted molar refractivity (Wildman–Crippen MR) is 578 cm³/mol. The molecular weight excluding hydrogens is 1680 g/mol. The summed E-state index contributed by atoms with van der Waals surface area (Å²) >= 11 is 0. The Hall–Kier alpha value is -19.1. The largest absolute Gasteiger partial charge is 0.309 e. The molecule has 0 radical (unpaired) electrons. The van der Waals surface area contributed by atoms with Crippen molar-refractivity contribution in [3.8, 4) is 78.6 Å². The van der Waals surface area contributed by atoms with Crippen molar-refractivity contribution < 1.29 is 0 Å². The molecule has 0 aliphatic heterocycles. The van der Waals surface area contributed by atoms with E-state index in [1.807, 2.05) is 36.4 Å². The maximum atomic E-state index is 7.52. The average Bonchev–Trinajstić information content (AvgIpc) is 1.59. The van der Waals surface area contributed by atoms with Crippen LogP contribution in [-0.4, -0.2) is 27.4 Å². The lowest BCUT2D eigenvalue weighted by Crippen LogP contribution is -1.95. The number of hydrogen-bond donors (Lipinski definition) is 0. The lowest BCUT2D eigenvalue weighted by atomic mass is 10.0. The Balaban J connectivity index is 0.000000107. The molecule has 28 aromatic rings. The van der Waals surface area contributed by atoms with Crippen molar-refractivity contribution in [1.29, 1.82) is 0 Å². The molecule has 0 unspecified atom stereocenters. The summed E-state index contributed by atoms with van der Waals surface area (Å²) in [6, 6.07) is 171. The number of fused-ring (bicyclic) bond motifs is 21. The van der Waals surface area contributed by atoms with E-state index in [4.69, 9.17) is 19.7 Å². The molecule has 0 spiro atoms. The number of aromatic nitrogens is 6. The number of hydrogen-bond acceptors (Lipinski definition) is 0. The molecule has 9 heteroatoms. The summed E-state index contributed by atoms with van der Waals surface area (Å²) in [5.74, 6) is 0. The predicted octanol–water partition coefficient (Wildman–Crippen LogP) is 35.4. The van der Waals surface area contributed by atoms with Crippen LogP contribution in [0.5, 0.6) is 0 Å². The van der Waals surface area contributed by atoms with E-state index in [2.05, 4.69) is 485 Å². The molecule has 640 valence electrons. The molecule has 0 bridgehead atoms. The normalized spacial score (nSPS) is 11.6. The highest BCUT2D eigenvalue weighted by molar-refractivity contribution is 6.17. The van der Waals surface area contributed by atoms with Crippen molar-refractivity contribution in [2.75, 3.05) is 0 Å². The van der Waals surface area contributed by atoms with Gasteiger partial charge in [0.25, 0.3) is 0 Å². The van der Waals surface area contributed by atoms with Crippen LogP contribution in [-0.2, 0) is 0 Å². The van der Waals surface area contributed by atoms with Gasteiger partial charge in [0.1, 0.15) is 0 Å². The van der Waals surface area contributed by atoms with E-state index in [1.165, 1.54) is 154 Å². The lowest BCUT2D eigenvalue weighted by molar-refractivity contribution is 1.18. The van der Waals surface area contributed by atoms with Crippen LogP contribution in [0.2, 0.25) is 0 Å². The zero-order valence-corrected chi connectivity index (χ0v) is 74.6. The van der Waals surface area contributed by atoms with Crippen LogP contribution in [0, 0.1) is 19.7 Å². The van der Waals surface area contributed by atoms with Crippen molar-refractivity contribution in [1.82, 2.24) is 27.4 Å². The van der Waals surface area contributed by atoms with Gasteiger partial charge in [-0.3, -0.25) is 0 Å². The topological polar surface area (TPSA) is 42.7 Å². The van der Waals surface area contributed by atoms with Crippen LogP contribution in [0.3, 0.4) is 0 Å². The third-order valence-corrected chi connectivity index (χ3v) is 28.0. The number of nitrogens with zero attached hydrogens (tertiary/aromatic N) is 9. The highest BCUT2D eigenvalue weighted by atomic mass is 15.0. The maximum Gasteiger partial charge on any atom is 0.188 e. The Morgan fingerprint density at radius 2 is 0.355 bits per heavy atom. The smallest absolute Gasteiger partial charge is 0.188 e. The van der Waals surface area contributed by atoms with Crippen LogP contribution < -0.4 is 0 Å². The third-order valence-electron chi connectivity index (χ3n) is 28.0. The summed E-state index contributed by atoms with van der Waals surface area (Å²) < 4.78 is 14.0. The number of benzene rings is 22. The van der Waals surface area contributed by atoms with Gasteiger partial charge >= 0.3 is 0 Å². The molecule has 0 atom stereocenters. The Bertz CT molecular complexity index is 10000. The van der Waals surface area contributed by atoms with Gasteiger partial charge in [-0.05, 0) is 270 Å². The van der Waals surface area contributed by atoms with Crippen molar-refractivity contribution in [2.24, 2.45) is 0 Å². The second-order valence-corrected chi connectivity index (χ2v) is 35.5. The number of rotatable bonds is 10. The summed E-state index contributed by atoms with van der Waals surface area (Å²) in [5.41, 5.74) is 32.2. The van der Waals surface area contributed by atoms with Crippen molar-refractivity contribution >= 4 is 180 Å². The maximum absolute atomic E-state index is 7.52. The first kappa shape index (κ1) is 79.8. The average molecular weight is 1760 g/mol. The molecule has 6 heterocycles. The van der Waals surface area contributed by atoms with Crippen LogP contribution in [0.25, 0.3) is 256 Å². The fourth-order valence-corrected chi connectivity index (χ4v) is 21.5. The second kappa shape index (κ2) is 32.7. The summed E-state index contributed by atoms with van der Waals surface area (Å²) in [7, 11) is 0. The van der Waals surface area contributed by atoms with Gasteiger partial charge < -0.3 is 27.4 Å². The van der Waals surface area contributed by atoms with E-state index in [0.717, 1.165) is 88.2 Å². The van der Waals surface area contributed by atoms with Gasteiger partial charge in [0.05, 0.1) is 91.6 Å². The monoisotopic (exact) mass is 1750 g/mol. The summed E-state index contributed by atoms with van der Waals surface area (Å²) in [5, 5.41) is 21.7. The molecule has 0 saturated carbocycles. The van der Waals surface area contributed by atoms with Gasteiger partial charge in [-0.15, -0.1) is 0 Å². The standard InChI is InChI=1S/C47H29N3.2C41H25N3/c1-48-37-21-27-47-43(30-37)41-11-5-7-13-45(41)50(47)39-24-18-33(19-25-39)36-20-26-46-42(29-36)40-10-4-6-12-44(40)49(46)38-22-16-32(17-23-38)35-15-14-31-8-2-3-9-34(31)28-35;1-42-31-18-23-41-37(26-31)35-11-5-6-12-38(35)43(41)32-19-14-28(15-20-32)30-17-22-40-36(25-30)34-10-4-7-13-39(34)44(40)33-21-16-27-8-2-3-9-29(27)24-33;1-42-30-20-24-40-36(26-30)34-13-4-6-14-38(34)43(40)31-21-17-27(18-22-31)29-19-23-41-35(25-29)33-12-5-7-15-39(33)44(41)37-16-8-10-28-9-2-3-11-32(28)37/h2-30H;2*2-26H.